The van der Waals surface area contributed by atoms with Gasteiger partial charge in [0.1, 0.15) is 0 Å². The van der Waals surface area contributed by atoms with Crippen molar-refractivity contribution in [2.75, 3.05) is 13.1 Å². The molecule has 6 heteroatoms. The molecule has 0 N–H and O–H groups in total. The van der Waals surface area contributed by atoms with Crippen LogP contribution in [-0.4, -0.2) is 22.9 Å². The van der Waals surface area contributed by atoms with Gasteiger partial charge in [0.05, 0.1) is 11.0 Å². The Kier molecular flexibility index (Phi) is 6.62. The Balaban J connectivity index is 2.92. The molecule has 1 aromatic rings. The Morgan fingerprint density at radius 2 is 2.20 bits per heavy atom. The lowest BCUT2D eigenvalue weighted by Crippen LogP contribution is -2.28. The smallest absolute Gasteiger partial charge is 0.275 e. The average molecular weight is 340 g/mol. The van der Waals surface area contributed by atoms with Crippen LogP contribution in [0, 0.1) is 27.4 Å². The summed E-state index contributed by atoms with van der Waals surface area (Å²) in [5.41, 5.74) is 0.793. The molecular weight excluding hydrogens is 322 g/mol. The summed E-state index contributed by atoms with van der Waals surface area (Å²) < 4.78 is 0.695. The summed E-state index contributed by atoms with van der Waals surface area (Å²) in [5, 5.41) is 19.8. The molecule has 0 atom stereocenters. The second-order valence-electron chi connectivity index (χ2n) is 5.07. The highest BCUT2D eigenvalue weighted by Gasteiger charge is 2.17. The van der Waals surface area contributed by atoms with Crippen LogP contribution in [0.1, 0.15) is 25.8 Å². The molecule has 0 unspecified atom stereocenters. The fourth-order valence-corrected chi connectivity index (χ4v) is 2.39. The van der Waals surface area contributed by atoms with E-state index in [0.29, 0.717) is 35.5 Å². The lowest BCUT2D eigenvalue weighted by atomic mass is 10.1. The number of hydrogen-bond acceptors (Lipinski definition) is 4. The average Bonchev–Trinajstić information content (AvgIpc) is 2.37. The van der Waals surface area contributed by atoms with Gasteiger partial charge in [-0.25, -0.2) is 0 Å². The van der Waals surface area contributed by atoms with Gasteiger partial charge >= 0.3 is 0 Å². The van der Waals surface area contributed by atoms with Gasteiger partial charge in [0, 0.05) is 42.2 Å². The van der Waals surface area contributed by atoms with Crippen molar-refractivity contribution in [1.82, 2.24) is 4.90 Å². The largest absolute Gasteiger partial charge is 0.298 e. The van der Waals surface area contributed by atoms with E-state index in [2.05, 4.69) is 40.7 Å². The first-order valence-electron chi connectivity index (χ1n) is 6.46. The van der Waals surface area contributed by atoms with Crippen LogP contribution in [0.25, 0.3) is 0 Å². The summed E-state index contributed by atoms with van der Waals surface area (Å²) in [5.74, 6) is 0.447. The summed E-state index contributed by atoms with van der Waals surface area (Å²) in [7, 11) is 0. The number of nitro benzene ring substituents is 1. The van der Waals surface area contributed by atoms with Crippen molar-refractivity contribution in [3.63, 3.8) is 0 Å². The van der Waals surface area contributed by atoms with E-state index >= 15 is 0 Å². The van der Waals surface area contributed by atoms with Crippen molar-refractivity contribution in [3.05, 3.63) is 38.3 Å². The molecule has 20 heavy (non-hydrogen) atoms. The second kappa shape index (κ2) is 7.98. The number of hydrogen-bond donors (Lipinski definition) is 0. The number of nitrogens with zero attached hydrogens (tertiary/aromatic N) is 3. The van der Waals surface area contributed by atoms with E-state index in [1.807, 2.05) is 0 Å². The number of nitriles is 1. The number of halogens is 1. The summed E-state index contributed by atoms with van der Waals surface area (Å²) in [6, 6.07) is 7.21. The van der Waals surface area contributed by atoms with Crippen LogP contribution in [-0.2, 0) is 6.54 Å². The van der Waals surface area contributed by atoms with Crippen molar-refractivity contribution in [3.8, 4) is 6.07 Å². The Morgan fingerprint density at radius 1 is 1.50 bits per heavy atom. The molecule has 108 valence electrons. The summed E-state index contributed by atoms with van der Waals surface area (Å²) in [4.78, 5) is 12.8. The van der Waals surface area contributed by atoms with E-state index in [9.17, 15) is 10.1 Å². The Bertz CT molecular complexity index is 512. The zero-order valence-electron chi connectivity index (χ0n) is 11.7. The van der Waals surface area contributed by atoms with Crippen LogP contribution >= 0.6 is 15.9 Å². The first-order chi connectivity index (χ1) is 9.43. The molecular formula is C14H18BrN3O2. The molecule has 1 aromatic carbocycles. The monoisotopic (exact) mass is 339 g/mol. The van der Waals surface area contributed by atoms with Crippen LogP contribution in [0.2, 0.25) is 0 Å². The van der Waals surface area contributed by atoms with E-state index < -0.39 is 0 Å². The fraction of sp³-hybridized carbons (Fsp3) is 0.500. The molecule has 0 heterocycles. The summed E-state index contributed by atoms with van der Waals surface area (Å²) in [6.45, 7) is 6.12. The van der Waals surface area contributed by atoms with Gasteiger partial charge in [-0.3, -0.25) is 15.0 Å². The molecule has 0 spiro atoms. The minimum Gasteiger partial charge on any atom is -0.298 e. The van der Waals surface area contributed by atoms with E-state index in [1.165, 1.54) is 6.07 Å². The SMILES string of the molecule is CC(C)CN(CCC#N)Cc1ccc(Br)cc1[N+](=O)[O-]. The fourth-order valence-electron chi connectivity index (χ4n) is 2.04. The van der Waals surface area contributed by atoms with Gasteiger partial charge in [-0.1, -0.05) is 29.8 Å². The maximum atomic E-state index is 11.1. The number of nitro groups is 1. The maximum Gasteiger partial charge on any atom is 0.275 e. The predicted molar refractivity (Wildman–Crippen MR) is 81.1 cm³/mol. The number of rotatable bonds is 7. The molecule has 0 bridgehead atoms. The third-order valence-corrected chi connectivity index (χ3v) is 3.29. The Morgan fingerprint density at radius 3 is 2.75 bits per heavy atom. The van der Waals surface area contributed by atoms with Crippen molar-refractivity contribution in [2.45, 2.75) is 26.8 Å². The van der Waals surface area contributed by atoms with Crippen LogP contribution in [0.5, 0.6) is 0 Å². The van der Waals surface area contributed by atoms with Gasteiger partial charge in [0.25, 0.3) is 5.69 Å². The van der Waals surface area contributed by atoms with Gasteiger partial charge in [-0.15, -0.1) is 0 Å². The molecule has 0 radical (unpaired) electrons. The minimum absolute atomic E-state index is 0.116. The van der Waals surface area contributed by atoms with Crippen molar-refractivity contribution in [2.24, 2.45) is 5.92 Å². The van der Waals surface area contributed by atoms with E-state index in [4.69, 9.17) is 5.26 Å². The summed E-state index contributed by atoms with van der Waals surface area (Å²) in [6.07, 6.45) is 0.428. The normalized spacial score (nSPS) is 10.8. The molecule has 5 nitrogen and oxygen atoms in total. The van der Waals surface area contributed by atoms with Crippen molar-refractivity contribution in [1.29, 1.82) is 5.26 Å². The highest BCUT2D eigenvalue weighted by atomic mass is 79.9. The zero-order valence-corrected chi connectivity index (χ0v) is 13.3. The molecule has 0 saturated carbocycles. The maximum absolute atomic E-state index is 11.1. The topological polar surface area (TPSA) is 70.2 Å². The van der Waals surface area contributed by atoms with Gasteiger partial charge in [-0.2, -0.15) is 5.26 Å². The van der Waals surface area contributed by atoms with Crippen LogP contribution in [0.4, 0.5) is 5.69 Å². The van der Waals surface area contributed by atoms with E-state index in [-0.39, 0.29) is 10.6 Å². The number of benzene rings is 1. The van der Waals surface area contributed by atoms with Gasteiger partial charge in [0.2, 0.25) is 0 Å². The lowest BCUT2D eigenvalue weighted by molar-refractivity contribution is -0.385. The van der Waals surface area contributed by atoms with Crippen molar-refractivity contribution >= 4 is 21.6 Å². The molecule has 0 saturated heterocycles. The summed E-state index contributed by atoms with van der Waals surface area (Å²) >= 11 is 3.25. The van der Waals surface area contributed by atoms with E-state index in [0.717, 1.165) is 6.54 Å². The Labute approximate surface area is 127 Å². The molecule has 0 aliphatic carbocycles. The first-order valence-corrected chi connectivity index (χ1v) is 7.25. The highest BCUT2D eigenvalue weighted by Crippen LogP contribution is 2.25. The predicted octanol–water partition coefficient (Wildman–Crippen LogP) is 3.73. The lowest BCUT2D eigenvalue weighted by Gasteiger charge is -2.23. The third kappa shape index (κ3) is 5.27. The second-order valence-corrected chi connectivity index (χ2v) is 5.98. The van der Waals surface area contributed by atoms with Crippen LogP contribution < -0.4 is 0 Å². The molecule has 1 rings (SSSR count). The van der Waals surface area contributed by atoms with Gasteiger partial charge < -0.3 is 0 Å². The standard InChI is InChI=1S/C14H18BrN3O2/c1-11(2)9-17(7-3-6-16)10-12-4-5-13(15)8-14(12)18(19)20/h4-5,8,11H,3,7,9-10H2,1-2H3. The molecule has 0 fully saturated rings. The third-order valence-electron chi connectivity index (χ3n) is 2.80. The molecule has 0 aromatic heterocycles. The van der Waals surface area contributed by atoms with Gasteiger partial charge in [0.15, 0.2) is 0 Å². The quantitative estimate of drug-likeness (QED) is 0.560. The van der Waals surface area contributed by atoms with E-state index in [1.54, 1.807) is 12.1 Å². The Hall–Kier alpha value is -1.45. The minimum atomic E-state index is -0.363. The van der Waals surface area contributed by atoms with Crippen LogP contribution in [0.3, 0.4) is 0 Å². The first kappa shape index (κ1) is 16.6. The molecule has 0 aliphatic rings. The van der Waals surface area contributed by atoms with Crippen LogP contribution in [0.15, 0.2) is 22.7 Å². The van der Waals surface area contributed by atoms with Crippen molar-refractivity contribution < 1.29 is 4.92 Å². The molecule has 0 amide bonds. The zero-order chi connectivity index (χ0) is 15.1. The molecule has 0 aliphatic heterocycles. The van der Waals surface area contributed by atoms with Gasteiger partial charge in [-0.05, 0) is 18.1 Å². The highest BCUT2D eigenvalue weighted by molar-refractivity contribution is 9.10.